The predicted octanol–water partition coefficient (Wildman–Crippen LogP) is 12.9. The highest BCUT2D eigenvalue weighted by molar-refractivity contribution is 6.05. The van der Waals surface area contributed by atoms with Crippen LogP contribution in [-0.4, -0.2) is 17.8 Å². The van der Waals surface area contributed by atoms with Gasteiger partial charge in [-0.2, -0.15) is 0 Å². The molecule has 0 aromatic heterocycles. The van der Waals surface area contributed by atoms with Crippen molar-refractivity contribution < 1.29 is 0 Å². The molecular formula is C55H42N2. The van der Waals surface area contributed by atoms with E-state index in [1.165, 1.54) is 55.6 Å². The van der Waals surface area contributed by atoms with Gasteiger partial charge in [-0.15, -0.1) is 6.42 Å². The quantitative estimate of drug-likeness (QED) is 0.118. The van der Waals surface area contributed by atoms with Crippen molar-refractivity contribution in [3.05, 3.63) is 245 Å². The molecule has 272 valence electrons. The SMILES string of the molecule is C#C/C=C(\C=C/C)C1=NC(c2cccc(C3(c4ccccc4)c4ccccc4-c4ccccc4-c4cccc3c4-c3ccccc3)c2)=CC(c2ccccc2)N1C. The zero-order chi connectivity index (χ0) is 38.8. The third kappa shape index (κ3) is 6.06. The Bertz CT molecular complexity index is 2760. The van der Waals surface area contributed by atoms with Crippen LogP contribution in [0.4, 0.5) is 0 Å². The van der Waals surface area contributed by atoms with Gasteiger partial charge in [0.25, 0.3) is 0 Å². The first-order chi connectivity index (χ1) is 28.1. The van der Waals surface area contributed by atoms with E-state index in [-0.39, 0.29) is 6.04 Å². The van der Waals surface area contributed by atoms with Crippen molar-refractivity contribution >= 4 is 11.5 Å². The first-order valence-corrected chi connectivity index (χ1v) is 19.6. The van der Waals surface area contributed by atoms with Gasteiger partial charge in [0.15, 0.2) is 0 Å². The third-order valence-electron chi connectivity index (χ3n) is 11.4. The molecule has 2 atom stereocenters. The summed E-state index contributed by atoms with van der Waals surface area (Å²) in [6, 6.07) is 66.3. The van der Waals surface area contributed by atoms with Crippen molar-refractivity contribution in [1.29, 1.82) is 0 Å². The molecule has 1 heterocycles. The highest BCUT2D eigenvalue weighted by Gasteiger charge is 2.44. The van der Waals surface area contributed by atoms with E-state index in [4.69, 9.17) is 11.4 Å². The Kier molecular flexibility index (Phi) is 9.43. The molecule has 57 heavy (non-hydrogen) atoms. The number of fused-ring (bicyclic) bond motifs is 6. The minimum Gasteiger partial charge on any atom is -0.349 e. The number of amidine groups is 1. The van der Waals surface area contributed by atoms with Gasteiger partial charge in [0.2, 0.25) is 0 Å². The average Bonchev–Trinajstić information content (AvgIpc) is 3.28. The lowest BCUT2D eigenvalue weighted by Gasteiger charge is -2.42. The van der Waals surface area contributed by atoms with E-state index < -0.39 is 5.41 Å². The summed E-state index contributed by atoms with van der Waals surface area (Å²) >= 11 is 0. The fourth-order valence-corrected chi connectivity index (χ4v) is 9.02. The van der Waals surface area contributed by atoms with E-state index in [0.717, 1.165) is 28.2 Å². The maximum Gasteiger partial charge on any atom is 0.137 e. The summed E-state index contributed by atoms with van der Waals surface area (Å²) in [6.45, 7) is 2.01. The Hall–Kier alpha value is -7.21. The Morgan fingerprint density at radius 2 is 1.18 bits per heavy atom. The molecule has 7 aromatic rings. The van der Waals surface area contributed by atoms with Crippen molar-refractivity contribution in [2.24, 2.45) is 4.99 Å². The Morgan fingerprint density at radius 1 is 0.614 bits per heavy atom. The lowest BCUT2D eigenvalue weighted by molar-refractivity contribution is 0.435. The fourth-order valence-electron chi connectivity index (χ4n) is 9.02. The lowest BCUT2D eigenvalue weighted by atomic mass is 9.60. The molecule has 0 saturated carbocycles. The van der Waals surface area contributed by atoms with Crippen molar-refractivity contribution in [3.63, 3.8) is 0 Å². The topological polar surface area (TPSA) is 15.6 Å². The van der Waals surface area contributed by atoms with Crippen LogP contribution in [0.3, 0.4) is 0 Å². The maximum absolute atomic E-state index is 5.90. The molecular weight excluding hydrogens is 689 g/mol. The van der Waals surface area contributed by atoms with Crippen LogP contribution >= 0.6 is 0 Å². The molecule has 0 amide bonds. The van der Waals surface area contributed by atoms with Crippen LogP contribution in [0.2, 0.25) is 0 Å². The summed E-state index contributed by atoms with van der Waals surface area (Å²) < 4.78 is 0. The second kappa shape index (κ2) is 15.1. The van der Waals surface area contributed by atoms with Gasteiger partial charge in [-0.05, 0) is 86.3 Å². The van der Waals surface area contributed by atoms with Gasteiger partial charge in [-0.25, -0.2) is 4.99 Å². The monoisotopic (exact) mass is 730 g/mol. The van der Waals surface area contributed by atoms with E-state index >= 15 is 0 Å². The second-order valence-corrected chi connectivity index (χ2v) is 14.6. The van der Waals surface area contributed by atoms with Crippen LogP contribution < -0.4 is 0 Å². The molecule has 0 saturated heterocycles. The molecule has 0 spiro atoms. The van der Waals surface area contributed by atoms with Gasteiger partial charge >= 0.3 is 0 Å². The smallest absolute Gasteiger partial charge is 0.137 e. The molecule has 2 unspecified atom stereocenters. The molecule has 2 nitrogen and oxygen atoms in total. The van der Waals surface area contributed by atoms with E-state index in [1.807, 2.05) is 25.2 Å². The number of rotatable bonds is 7. The van der Waals surface area contributed by atoms with E-state index in [2.05, 4.69) is 206 Å². The lowest BCUT2D eigenvalue weighted by Crippen LogP contribution is -2.34. The van der Waals surface area contributed by atoms with Crippen LogP contribution in [-0.2, 0) is 5.41 Å². The van der Waals surface area contributed by atoms with Gasteiger partial charge < -0.3 is 4.90 Å². The molecule has 0 N–H and O–H groups in total. The number of hydrogen-bond donors (Lipinski definition) is 0. The highest BCUT2D eigenvalue weighted by Crippen LogP contribution is 2.56. The van der Waals surface area contributed by atoms with Crippen LogP contribution in [0.25, 0.3) is 39.1 Å². The number of aliphatic imine (C=N–C) groups is 1. The summed E-state index contributed by atoms with van der Waals surface area (Å²) in [7, 11) is 2.10. The van der Waals surface area contributed by atoms with Crippen molar-refractivity contribution in [2.75, 3.05) is 7.05 Å². The highest BCUT2D eigenvalue weighted by atomic mass is 15.2. The largest absolute Gasteiger partial charge is 0.349 e. The summed E-state index contributed by atoms with van der Waals surface area (Å²) in [5, 5.41) is 0. The number of hydrogen-bond acceptors (Lipinski definition) is 2. The summed E-state index contributed by atoms with van der Waals surface area (Å²) in [6.07, 6.45) is 14.1. The molecule has 2 heteroatoms. The first-order valence-electron chi connectivity index (χ1n) is 19.6. The van der Waals surface area contributed by atoms with Crippen molar-refractivity contribution in [3.8, 4) is 45.7 Å². The minimum atomic E-state index is -0.723. The summed E-state index contributed by atoms with van der Waals surface area (Å²) in [5.41, 5.74) is 15.4. The number of terminal acetylenes is 1. The van der Waals surface area contributed by atoms with Gasteiger partial charge in [0.1, 0.15) is 5.84 Å². The number of nitrogens with zero attached hydrogens (tertiary/aromatic N) is 2. The molecule has 2 bridgehead atoms. The van der Waals surface area contributed by atoms with Crippen molar-refractivity contribution in [2.45, 2.75) is 18.4 Å². The Balaban J connectivity index is 1.38. The summed E-state index contributed by atoms with van der Waals surface area (Å²) in [5.74, 6) is 3.59. The van der Waals surface area contributed by atoms with Crippen LogP contribution in [0.15, 0.2) is 217 Å². The maximum atomic E-state index is 5.90. The zero-order valence-corrected chi connectivity index (χ0v) is 32.2. The predicted molar refractivity (Wildman–Crippen MR) is 239 cm³/mol. The average molecular weight is 731 g/mol. The van der Waals surface area contributed by atoms with Crippen LogP contribution in [0, 0.1) is 12.3 Å². The van der Waals surface area contributed by atoms with Gasteiger partial charge in [0, 0.05) is 18.2 Å². The van der Waals surface area contributed by atoms with Gasteiger partial charge in [0.05, 0.1) is 17.2 Å². The number of allylic oxidation sites excluding steroid dienone is 2. The normalized spacial score (nSPS) is 17.4. The standard InChI is InChI=1S/C55H42N2/c1-4-21-41(22-5-2)54-56-51(38-52(57(54)3)39-23-9-6-10-24-39)42-27-19-30-44(37-42)55(43-28-13-8-14-29-43)49-35-18-17-33-47(49)45-31-15-16-32-46(45)48-34-20-36-50(55)53(48)40-25-11-7-12-26-40/h1,5-38,52H,2-3H3/b22-5-,41-21+. The molecule has 0 fully saturated rings. The zero-order valence-electron chi connectivity index (χ0n) is 32.2. The first kappa shape index (κ1) is 35.5. The van der Waals surface area contributed by atoms with E-state index in [0.29, 0.717) is 0 Å². The molecule has 1 aliphatic carbocycles. The Morgan fingerprint density at radius 3 is 1.89 bits per heavy atom. The minimum absolute atomic E-state index is 0.0631. The molecule has 0 radical (unpaired) electrons. The Labute approximate surface area is 336 Å². The summed E-state index contributed by atoms with van der Waals surface area (Å²) in [4.78, 5) is 7.63. The van der Waals surface area contributed by atoms with E-state index in [9.17, 15) is 0 Å². The van der Waals surface area contributed by atoms with Gasteiger partial charge in [-0.1, -0.05) is 194 Å². The number of likely N-dealkylation sites (N-methyl/N-ethyl adjacent to an activating group) is 1. The van der Waals surface area contributed by atoms with Crippen molar-refractivity contribution in [1.82, 2.24) is 4.90 Å². The second-order valence-electron chi connectivity index (χ2n) is 14.6. The molecule has 7 aromatic carbocycles. The third-order valence-corrected chi connectivity index (χ3v) is 11.4. The number of benzene rings is 7. The fraction of sp³-hybridized carbons (Fsp3) is 0.0727. The molecule has 2 aliphatic rings. The van der Waals surface area contributed by atoms with Gasteiger partial charge in [-0.3, -0.25) is 0 Å². The van der Waals surface area contributed by atoms with E-state index in [1.54, 1.807) is 0 Å². The van der Waals surface area contributed by atoms with Crippen LogP contribution in [0.5, 0.6) is 0 Å². The molecule has 9 rings (SSSR count). The van der Waals surface area contributed by atoms with Crippen LogP contribution in [0.1, 0.15) is 46.3 Å². The molecule has 1 aliphatic heterocycles.